The van der Waals surface area contributed by atoms with Crippen molar-refractivity contribution in [1.82, 2.24) is 14.9 Å². The predicted octanol–water partition coefficient (Wildman–Crippen LogP) is 3.64. The van der Waals surface area contributed by atoms with Crippen molar-refractivity contribution in [3.63, 3.8) is 0 Å². The molecule has 0 spiro atoms. The summed E-state index contributed by atoms with van der Waals surface area (Å²) in [6.07, 6.45) is 7.08. The highest BCUT2D eigenvalue weighted by Gasteiger charge is 2.28. The maximum Gasteiger partial charge on any atom is 0.259 e. The highest BCUT2D eigenvalue weighted by atomic mass is 32.1. The molecule has 0 radical (unpaired) electrons. The first-order valence-corrected chi connectivity index (χ1v) is 11.4. The van der Waals surface area contributed by atoms with E-state index in [9.17, 15) is 9.59 Å². The van der Waals surface area contributed by atoms with E-state index in [4.69, 9.17) is 0 Å². The lowest BCUT2D eigenvalue weighted by atomic mass is 10.0. The number of hydrogen-bond acceptors (Lipinski definition) is 4. The van der Waals surface area contributed by atoms with Gasteiger partial charge in [0.05, 0.1) is 5.39 Å². The molecule has 1 amide bonds. The molecule has 1 fully saturated rings. The summed E-state index contributed by atoms with van der Waals surface area (Å²) in [4.78, 5) is 37.3. The molecular weight excluding hydrogens is 382 g/mol. The van der Waals surface area contributed by atoms with Gasteiger partial charge in [0, 0.05) is 30.3 Å². The van der Waals surface area contributed by atoms with Crippen molar-refractivity contribution in [2.45, 2.75) is 57.4 Å². The summed E-state index contributed by atoms with van der Waals surface area (Å²) in [5, 5.41) is 0.778. The van der Waals surface area contributed by atoms with Crippen LogP contribution in [0, 0.1) is 0 Å². The van der Waals surface area contributed by atoms with Gasteiger partial charge in [-0.25, -0.2) is 4.98 Å². The lowest BCUT2D eigenvalue weighted by molar-refractivity contribution is -0.131. The summed E-state index contributed by atoms with van der Waals surface area (Å²) in [7, 11) is 0. The number of amides is 1. The highest BCUT2D eigenvalue weighted by molar-refractivity contribution is 7.18. The van der Waals surface area contributed by atoms with Crippen LogP contribution in [0.5, 0.6) is 0 Å². The van der Waals surface area contributed by atoms with E-state index in [1.165, 1.54) is 16.0 Å². The monoisotopic (exact) mass is 407 g/mol. The molecule has 1 saturated heterocycles. The second-order valence-electron chi connectivity index (χ2n) is 8.12. The van der Waals surface area contributed by atoms with Gasteiger partial charge in [0.1, 0.15) is 10.7 Å². The Balaban J connectivity index is 1.27. The average molecular weight is 408 g/mol. The van der Waals surface area contributed by atoms with E-state index in [1.807, 2.05) is 11.0 Å². The summed E-state index contributed by atoms with van der Waals surface area (Å²) in [6, 6.07) is 10.7. The fourth-order valence-corrected chi connectivity index (χ4v) is 6.08. The number of carbonyl (C=O) groups is 1. The summed E-state index contributed by atoms with van der Waals surface area (Å²) in [5.74, 6) is 0.800. The molecule has 5 rings (SSSR count). The summed E-state index contributed by atoms with van der Waals surface area (Å²) in [6.45, 7) is 0.830. The Labute approximate surface area is 173 Å². The Morgan fingerprint density at radius 2 is 2.07 bits per heavy atom. The molecule has 150 valence electrons. The number of benzene rings is 1. The number of hydrogen-bond donors (Lipinski definition) is 1. The molecule has 5 nitrogen and oxygen atoms in total. The van der Waals surface area contributed by atoms with Gasteiger partial charge in [-0.1, -0.05) is 30.3 Å². The average Bonchev–Trinajstić information content (AvgIpc) is 3.42. The minimum Gasteiger partial charge on any atom is -0.339 e. The van der Waals surface area contributed by atoms with Gasteiger partial charge >= 0.3 is 0 Å². The molecule has 0 bridgehead atoms. The molecular formula is C23H25N3O2S. The minimum atomic E-state index is -0.0417. The number of carbonyl (C=O) groups excluding carboxylic acids is 1. The SMILES string of the molecule is O=C(CCc1nc2sc3c(c2c(=O)[nH]1)CCC3)N1CCCC1Cc1ccccc1. The molecule has 2 aliphatic rings. The van der Waals surface area contributed by atoms with Crippen molar-refractivity contribution in [2.75, 3.05) is 6.54 Å². The Kier molecular flexibility index (Phi) is 4.96. The van der Waals surface area contributed by atoms with Crippen molar-refractivity contribution in [3.8, 4) is 0 Å². The zero-order valence-corrected chi connectivity index (χ0v) is 17.3. The number of aromatic nitrogens is 2. The van der Waals surface area contributed by atoms with Crippen molar-refractivity contribution in [3.05, 3.63) is 62.5 Å². The van der Waals surface area contributed by atoms with Crippen LogP contribution in [0.25, 0.3) is 10.2 Å². The number of aromatic amines is 1. The smallest absolute Gasteiger partial charge is 0.259 e. The van der Waals surface area contributed by atoms with Crippen LogP contribution >= 0.6 is 11.3 Å². The highest BCUT2D eigenvalue weighted by Crippen LogP contribution is 2.34. The van der Waals surface area contributed by atoms with Crippen LogP contribution in [0.1, 0.15) is 47.5 Å². The van der Waals surface area contributed by atoms with Gasteiger partial charge in [-0.15, -0.1) is 11.3 Å². The Hall–Kier alpha value is -2.47. The standard InChI is InChI=1S/C23H25N3O2S/c27-20(26-13-5-8-16(26)14-15-6-2-1-3-7-15)12-11-19-24-22(28)21-17-9-4-10-18(17)29-23(21)25-19/h1-3,6-7,16H,4-5,8-14H2,(H,24,25,28). The van der Waals surface area contributed by atoms with Crippen molar-refractivity contribution in [1.29, 1.82) is 0 Å². The van der Waals surface area contributed by atoms with Gasteiger partial charge in [0.25, 0.3) is 5.56 Å². The topological polar surface area (TPSA) is 66.1 Å². The van der Waals surface area contributed by atoms with Gasteiger partial charge < -0.3 is 9.88 Å². The van der Waals surface area contributed by atoms with E-state index in [0.29, 0.717) is 18.7 Å². The van der Waals surface area contributed by atoms with Gasteiger partial charge in [-0.3, -0.25) is 9.59 Å². The molecule has 3 aromatic rings. The van der Waals surface area contributed by atoms with E-state index in [2.05, 4.69) is 34.2 Å². The van der Waals surface area contributed by atoms with Crippen LogP contribution in [0.3, 0.4) is 0 Å². The second-order valence-corrected chi connectivity index (χ2v) is 9.21. The Morgan fingerprint density at radius 1 is 1.21 bits per heavy atom. The molecule has 1 aliphatic heterocycles. The van der Waals surface area contributed by atoms with E-state index in [1.54, 1.807) is 11.3 Å². The first-order valence-electron chi connectivity index (χ1n) is 10.6. The molecule has 1 N–H and O–H groups in total. The summed E-state index contributed by atoms with van der Waals surface area (Å²) < 4.78 is 0. The normalized spacial score (nSPS) is 18.5. The van der Waals surface area contributed by atoms with Gasteiger partial charge in [0.15, 0.2) is 0 Å². The fourth-order valence-electron chi connectivity index (χ4n) is 4.80. The van der Waals surface area contributed by atoms with E-state index in [-0.39, 0.29) is 17.5 Å². The van der Waals surface area contributed by atoms with E-state index >= 15 is 0 Å². The number of fused-ring (bicyclic) bond motifs is 3. The lowest BCUT2D eigenvalue weighted by Crippen LogP contribution is -2.37. The number of rotatable bonds is 5. The third-order valence-corrected chi connectivity index (χ3v) is 7.40. The molecule has 2 aromatic heterocycles. The first kappa shape index (κ1) is 18.6. The third-order valence-electron chi connectivity index (χ3n) is 6.21. The maximum absolute atomic E-state index is 12.9. The van der Waals surface area contributed by atoms with Crippen LogP contribution in [-0.2, 0) is 30.5 Å². The zero-order chi connectivity index (χ0) is 19.8. The van der Waals surface area contributed by atoms with Crippen LogP contribution in [-0.4, -0.2) is 33.4 Å². The number of H-pyrrole nitrogens is 1. The molecule has 1 aliphatic carbocycles. The number of likely N-dealkylation sites (tertiary alicyclic amines) is 1. The minimum absolute atomic E-state index is 0.0417. The summed E-state index contributed by atoms with van der Waals surface area (Å²) in [5.41, 5.74) is 2.43. The quantitative estimate of drug-likeness (QED) is 0.702. The number of nitrogens with zero attached hydrogens (tertiary/aromatic N) is 2. The number of aryl methyl sites for hydroxylation is 3. The fraction of sp³-hybridized carbons (Fsp3) is 0.435. The van der Waals surface area contributed by atoms with Crippen LogP contribution in [0.15, 0.2) is 35.1 Å². The predicted molar refractivity (Wildman–Crippen MR) is 115 cm³/mol. The van der Waals surface area contributed by atoms with Gasteiger partial charge in [-0.05, 0) is 49.7 Å². The molecule has 1 aromatic carbocycles. The largest absolute Gasteiger partial charge is 0.339 e. The summed E-state index contributed by atoms with van der Waals surface area (Å²) >= 11 is 1.65. The molecule has 6 heteroatoms. The number of thiophene rings is 1. The van der Waals surface area contributed by atoms with Gasteiger partial charge in [-0.2, -0.15) is 0 Å². The van der Waals surface area contributed by atoms with Crippen molar-refractivity contribution >= 4 is 27.5 Å². The lowest BCUT2D eigenvalue weighted by Gasteiger charge is -2.25. The van der Waals surface area contributed by atoms with Crippen molar-refractivity contribution in [2.24, 2.45) is 0 Å². The van der Waals surface area contributed by atoms with Crippen LogP contribution in [0.4, 0.5) is 0 Å². The van der Waals surface area contributed by atoms with Crippen molar-refractivity contribution < 1.29 is 4.79 Å². The van der Waals surface area contributed by atoms with Crippen LogP contribution < -0.4 is 5.56 Å². The first-order chi connectivity index (χ1) is 14.2. The Bertz CT molecular complexity index is 1100. The van der Waals surface area contributed by atoms with Crippen LogP contribution in [0.2, 0.25) is 0 Å². The maximum atomic E-state index is 12.9. The van der Waals surface area contributed by atoms with E-state index < -0.39 is 0 Å². The van der Waals surface area contributed by atoms with E-state index in [0.717, 1.165) is 55.3 Å². The molecule has 1 atom stereocenters. The molecule has 3 heterocycles. The molecule has 29 heavy (non-hydrogen) atoms. The molecule has 1 unspecified atom stereocenters. The third kappa shape index (κ3) is 3.62. The molecule has 0 saturated carbocycles. The second kappa shape index (κ2) is 7.75. The number of nitrogens with one attached hydrogen (secondary N) is 1. The zero-order valence-electron chi connectivity index (χ0n) is 16.4. The Morgan fingerprint density at radius 3 is 2.93 bits per heavy atom. The van der Waals surface area contributed by atoms with Gasteiger partial charge in [0.2, 0.25) is 5.91 Å².